The molecular formula is C16H35NO4S. The van der Waals surface area contributed by atoms with Crippen LogP contribution in [-0.2, 0) is 18.9 Å². The first-order chi connectivity index (χ1) is 10.5. The Kier molecular flexibility index (Phi) is 14.8. The quantitative estimate of drug-likeness (QED) is 0.462. The Morgan fingerprint density at radius 1 is 0.818 bits per heavy atom. The van der Waals surface area contributed by atoms with Crippen LogP contribution < -0.4 is 5.32 Å². The zero-order valence-corrected chi connectivity index (χ0v) is 15.8. The highest BCUT2D eigenvalue weighted by Crippen LogP contribution is 2.04. The van der Waals surface area contributed by atoms with Crippen molar-refractivity contribution < 1.29 is 18.9 Å². The maximum Gasteiger partial charge on any atom is 0.0701 e. The van der Waals surface area contributed by atoms with Crippen LogP contribution in [0.15, 0.2) is 0 Å². The molecule has 0 fully saturated rings. The van der Waals surface area contributed by atoms with Gasteiger partial charge in [-0.05, 0) is 27.0 Å². The van der Waals surface area contributed by atoms with E-state index in [4.69, 9.17) is 18.9 Å². The normalized spacial score (nSPS) is 13.5. The van der Waals surface area contributed by atoms with Gasteiger partial charge in [0.05, 0.1) is 52.9 Å². The van der Waals surface area contributed by atoms with Crippen LogP contribution in [0.4, 0.5) is 0 Å². The first-order valence-electron chi connectivity index (χ1n) is 8.04. The minimum atomic E-state index is 0.147. The van der Waals surface area contributed by atoms with E-state index in [9.17, 15) is 0 Å². The smallest absolute Gasteiger partial charge is 0.0701 e. The molecule has 0 heterocycles. The molecule has 0 aromatic carbocycles. The first-order valence-corrected chi connectivity index (χ1v) is 9.33. The van der Waals surface area contributed by atoms with Crippen LogP contribution in [0.5, 0.6) is 0 Å². The van der Waals surface area contributed by atoms with Crippen molar-refractivity contribution in [2.45, 2.75) is 38.5 Å². The van der Waals surface area contributed by atoms with Crippen molar-refractivity contribution >= 4 is 11.8 Å². The number of hydrogen-bond donors (Lipinski definition) is 1. The maximum absolute atomic E-state index is 5.48. The molecule has 0 bridgehead atoms. The van der Waals surface area contributed by atoms with E-state index < -0.39 is 0 Å². The van der Waals surface area contributed by atoms with Gasteiger partial charge in [0, 0.05) is 17.3 Å². The van der Waals surface area contributed by atoms with E-state index in [1.165, 1.54) is 0 Å². The van der Waals surface area contributed by atoms with E-state index in [-0.39, 0.29) is 5.54 Å². The molecule has 0 aliphatic rings. The Balaban J connectivity index is 3.06. The number of thioether (sulfide) groups is 1. The van der Waals surface area contributed by atoms with Crippen LogP contribution in [0.2, 0.25) is 0 Å². The van der Waals surface area contributed by atoms with E-state index in [2.05, 4.69) is 39.3 Å². The second kappa shape index (κ2) is 14.7. The van der Waals surface area contributed by atoms with Gasteiger partial charge in [0.25, 0.3) is 0 Å². The van der Waals surface area contributed by atoms with Crippen LogP contribution in [0.3, 0.4) is 0 Å². The molecule has 0 saturated carbocycles. The lowest BCUT2D eigenvalue weighted by Gasteiger charge is -2.20. The predicted octanol–water partition coefficient (Wildman–Crippen LogP) is 2.19. The second-order valence-corrected chi connectivity index (χ2v) is 7.41. The third kappa shape index (κ3) is 18.2. The third-order valence-electron chi connectivity index (χ3n) is 2.77. The fourth-order valence-electron chi connectivity index (χ4n) is 1.48. The largest absolute Gasteiger partial charge is 0.378 e. The summed E-state index contributed by atoms with van der Waals surface area (Å²) < 4.78 is 21.8. The molecule has 1 atom stereocenters. The van der Waals surface area contributed by atoms with Crippen molar-refractivity contribution in [2.24, 2.45) is 0 Å². The summed E-state index contributed by atoms with van der Waals surface area (Å²) in [6.45, 7) is 14.7. The Morgan fingerprint density at radius 2 is 1.27 bits per heavy atom. The minimum absolute atomic E-state index is 0.147. The van der Waals surface area contributed by atoms with E-state index >= 15 is 0 Å². The van der Waals surface area contributed by atoms with Gasteiger partial charge < -0.3 is 24.3 Å². The summed E-state index contributed by atoms with van der Waals surface area (Å²) in [5, 5.41) is 3.91. The van der Waals surface area contributed by atoms with Crippen LogP contribution in [0.25, 0.3) is 0 Å². The Labute approximate surface area is 140 Å². The molecule has 0 saturated heterocycles. The van der Waals surface area contributed by atoms with Crippen LogP contribution in [-0.4, -0.2) is 76.4 Å². The standard InChI is InChI=1S/C16H35NO4S/c1-15(22-5)14-21-13-12-20-11-10-19-9-8-18-7-6-17-16(2,3)4/h15,17H,6-14H2,1-5H3. The molecule has 0 aliphatic heterocycles. The summed E-state index contributed by atoms with van der Waals surface area (Å²) in [6, 6.07) is 0. The topological polar surface area (TPSA) is 49.0 Å². The molecule has 1 N–H and O–H groups in total. The molecule has 0 spiro atoms. The zero-order valence-electron chi connectivity index (χ0n) is 15.0. The van der Waals surface area contributed by atoms with E-state index in [1.54, 1.807) is 0 Å². The van der Waals surface area contributed by atoms with Gasteiger partial charge in [-0.25, -0.2) is 0 Å². The highest BCUT2D eigenvalue weighted by molar-refractivity contribution is 7.99. The SMILES string of the molecule is CSC(C)COCCOCCOCCOCCNC(C)(C)C. The maximum atomic E-state index is 5.48. The molecule has 0 aromatic heterocycles. The van der Waals surface area contributed by atoms with E-state index in [1.807, 2.05) is 11.8 Å². The average Bonchev–Trinajstić information content (AvgIpc) is 2.46. The van der Waals surface area contributed by atoms with Gasteiger partial charge >= 0.3 is 0 Å². The minimum Gasteiger partial charge on any atom is -0.378 e. The lowest BCUT2D eigenvalue weighted by molar-refractivity contribution is -0.00132. The molecule has 6 heteroatoms. The number of rotatable bonds is 15. The summed E-state index contributed by atoms with van der Waals surface area (Å²) in [6.07, 6.45) is 2.09. The summed E-state index contributed by atoms with van der Waals surface area (Å²) in [4.78, 5) is 0. The van der Waals surface area contributed by atoms with Gasteiger partial charge in [0.15, 0.2) is 0 Å². The summed E-state index contributed by atoms with van der Waals surface area (Å²) in [5.41, 5.74) is 0.147. The first kappa shape index (κ1) is 22.1. The van der Waals surface area contributed by atoms with Gasteiger partial charge in [-0.1, -0.05) is 6.92 Å². The monoisotopic (exact) mass is 337 g/mol. The van der Waals surface area contributed by atoms with Crippen LogP contribution in [0, 0.1) is 0 Å². The van der Waals surface area contributed by atoms with Gasteiger partial charge in [-0.2, -0.15) is 11.8 Å². The fourth-order valence-corrected chi connectivity index (χ4v) is 1.71. The van der Waals surface area contributed by atoms with Gasteiger partial charge in [0.2, 0.25) is 0 Å². The van der Waals surface area contributed by atoms with Crippen molar-refractivity contribution in [1.82, 2.24) is 5.32 Å². The molecule has 0 amide bonds. The lowest BCUT2D eigenvalue weighted by atomic mass is 10.1. The average molecular weight is 338 g/mol. The molecular weight excluding hydrogens is 302 g/mol. The van der Waals surface area contributed by atoms with E-state index in [0.717, 1.165) is 13.2 Å². The van der Waals surface area contributed by atoms with Crippen LogP contribution in [0.1, 0.15) is 27.7 Å². The summed E-state index contributed by atoms with van der Waals surface area (Å²) >= 11 is 1.81. The lowest BCUT2D eigenvalue weighted by Crippen LogP contribution is -2.38. The molecule has 22 heavy (non-hydrogen) atoms. The number of hydrogen-bond acceptors (Lipinski definition) is 6. The predicted molar refractivity (Wildman–Crippen MR) is 94.0 cm³/mol. The Hall–Kier alpha value is 0.150. The highest BCUT2D eigenvalue weighted by atomic mass is 32.2. The van der Waals surface area contributed by atoms with Crippen LogP contribution >= 0.6 is 11.8 Å². The summed E-state index contributed by atoms with van der Waals surface area (Å²) in [7, 11) is 0. The fraction of sp³-hybridized carbons (Fsp3) is 1.00. The molecule has 0 aliphatic carbocycles. The molecule has 0 rings (SSSR count). The van der Waals surface area contributed by atoms with Crippen molar-refractivity contribution in [1.29, 1.82) is 0 Å². The van der Waals surface area contributed by atoms with Crippen molar-refractivity contribution in [3.8, 4) is 0 Å². The van der Waals surface area contributed by atoms with Crippen molar-refractivity contribution in [2.75, 3.05) is 65.7 Å². The van der Waals surface area contributed by atoms with E-state index in [0.29, 0.717) is 51.5 Å². The Morgan fingerprint density at radius 3 is 1.73 bits per heavy atom. The van der Waals surface area contributed by atoms with Crippen molar-refractivity contribution in [3.63, 3.8) is 0 Å². The highest BCUT2D eigenvalue weighted by Gasteiger charge is 2.06. The van der Waals surface area contributed by atoms with Gasteiger partial charge in [-0.3, -0.25) is 0 Å². The molecule has 1 unspecified atom stereocenters. The third-order valence-corrected chi connectivity index (χ3v) is 3.71. The number of nitrogens with one attached hydrogen (secondary N) is 1. The molecule has 0 radical (unpaired) electrons. The van der Waals surface area contributed by atoms with Gasteiger partial charge in [0.1, 0.15) is 0 Å². The van der Waals surface area contributed by atoms with Crippen molar-refractivity contribution in [3.05, 3.63) is 0 Å². The molecule has 0 aromatic rings. The number of ether oxygens (including phenoxy) is 4. The Bertz CT molecular complexity index is 237. The second-order valence-electron chi connectivity index (χ2n) is 6.14. The van der Waals surface area contributed by atoms with Gasteiger partial charge in [-0.15, -0.1) is 0 Å². The molecule has 134 valence electrons. The molecule has 5 nitrogen and oxygen atoms in total. The zero-order chi connectivity index (χ0) is 16.7. The summed E-state index contributed by atoms with van der Waals surface area (Å²) in [5.74, 6) is 0.